The first-order valence-electron chi connectivity index (χ1n) is 12.1. The molecule has 0 radical (unpaired) electrons. The third kappa shape index (κ3) is 7.83. The summed E-state index contributed by atoms with van der Waals surface area (Å²) in [6.45, 7) is 3.50. The van der Waals surface area contributed by atoms with Gasteiger partial charge in [-0.15, -0.1) is 0 Å². The van der Waals surface area contributed by atoms with Crippen LogP contribution in [0.15, 0.2) is 48.5 Å². The van der Waals surface area contributed by atoms with Gasteiger partial charge >= 0.3 is 5.97 Å². The lowest BCUT2D eigenvalue weighted by molar-refractivity contribution is -0.135. The molecule has 1 saturated heterocycles. The number of nitrogens with one attached hydrogen (secondary N) is 1. The fourth-order valence-electron chi connectivity index (χ4n) is 4.37. The van der Waals surface area contributed by atoms with Crippen molar-refractivity contribution in [3.05, 3.63) is 71.0 Å². The van der Waals surface area contributed by atoms with Gasteiger partial charge in [0.1, 0.15) is 11.1 Å². The molecular formula is C26H35FN2O5S. The second-order valence-corrected chi connectivity index (χ2v) is 11.0. The molecule has 1 heterocycles. The molecule has 0 saturated carbocycles. The van der Waals surface area contributed by atoms with Gasteiger partial charge in [0, 0.05) is 31.4 Å². The predicted octanol–water partition coefficient (Wildman–Crippen LogP) is 3.89. The molecule has 0 amide bonds. The van der Waals surface area contributed by atoms with E-state index in [1.165, 1.54) is 10.4 Å². The Bertz CT molecular complexity index is 1060. The summed E-state index contributed by atoms with van der Waals surface area (Å²) < 4.78 is 48.7. The highest BCUT2D eigenvalue weighted by Gasteiger charge is 2.40. The molecule has 1 aliphatic heterocycles. The van der Waals surface area contributed by atoms with Crippen molar-refractivity contribution < 1.29 is 27.4 Å². The molecule has 2 aromatic rings. The highest BCUT2D eigenvalue weighted by Crippen LogP contribution is 2.38. The number of hydrogen-bond donors (Lipinski definition) is 2. The van der Waals surface area contributed by atoms with Gasteiger partial charge in [-0.3, -0.25) is 4.79 Å². The Morgan fingerprint density at radius 1 is 1.14 bits per heavy atom. The van der Waals surface area contributed by atoms with Crippen LogP contribution in [-0.4, -0.2) is 56.1 Å². The molecule has 2 N–H and O–H groups in total. The summed E-state index contributed by atoms with van der Waals surface area (Å²) in [7, 11) is -3.61. The zero-order chi connectivity index (χ0) is 25.3. The summed E-state index contributed by atoms with van der Waals surface area (Å²) in [4.78, 5) is 10.4. The maximum atomic E-state index is 14.9. The minimum atomic E-state index is -3.61. The van der Waals surface area contributed by atoms with Crippen LogP contribution < -0.4 is 5.32 Å². The van der Waals surface area contributed by atoms with Crippen molar-refractivity contribution in [2.75, 3.05) is 26.3 Å². The fourth-order valence-corrected chi connectivity index (χ4v) is 6.56. The molecule has 3 rings (SSSR count). The first-order chi connectivity index (χ1) is 16.8. The van der Waals surface area contributed by atoms with Crippen LogP contribution in [0.4, 0.5) is 4.39 Å². The number of carbonyl (C=O) groups is 1. The quantitative estimate of drug-likeness (QED) is 0.400. The highest BCUT2D eigenvalue weighted by molar-refractivity contribution is 7.89. The number of nitrogens with zero attached hydrogens (tertiary/aromatic N) is 1. The molecule has 35 heavy (non-hydrogen) atoms. The SMILES string of the molecule is C[C@H]1CC[C@H](c2ccccc2)S(=O)(=O)N1Cc1ccc(CCCOCCCNCC(=O)O)cc1F. The monoisotopic (exact) mass is 506 g/mol. The number of carboxylic acid groups (broad SMARTS) is 1. The van der Waals surface area contributed by atoms with Gasteiger partial charge in [-0.05, 0) is 62.8 Å². The van der Waals surface area contributed by atoms with Gasteiger partial charge in [-0.25, -0.2) is 12.8 Å². The number of aliphatic carboxylic acids is 1. The van der Waals surface area contributed by atoms with E-state index in [0.717, 1.165) is 30.4 Å². The standard InChI is InChI=1S/C26H35FN2O5S/c1-20-10-13-25(22-8-3-2-4-9-22)35(32,33)29(20)19-23-12-11-21(17-24(23)27)7-5-15-34-16-6-14-28-18-26(30)31/h2-4,8-9,11-12,17,20,25,28H,5-7,10,13-16,18-19H2,1H3,(H,30,31)/t20-,25+/m0/s1. The summed E-state index contributed by atoms with van der Waals surface area (Å²) in [6, 6.07) is 14.1. The molecule has 7 nitrogen and oxygen atoms in total. The molecule has 1 aliphatic rings. The zero-order valence-corrected chi connectivity index (χ0v) is 21.0. The predicted molar refractivity (Wildman–Crippen MR) is 133 cm³/mol. The van der Waals surface area contributed by atoms with E-state index in [-0.39, 0.29) is 19.1 Å². The van der Waals surface area contributed by atoms with Crippen molar-refractivity contribution in [2.45, 2.75) is 56.9 Å². The van der Waals surface area contributed by atoms with Gasteiger partial charge in [-0.1, -0.05) is 42.5 Å². The lowest BCUT2D eigenvalue weighted by atomic mass is 10.0. The first kappa shape index (κ1) is 27.3. The molecule has 2 atom stereocenters. The van der Waals surface area contributed by atoms with Gasteiger partial charge in [0.25, 0.3) is 0 Å². The number of carboxylic acids is 1. The Morgan fingerprint density at radius 3 is 2.60 bits per heavy atom. The van der Waals surface area contributed by atoms with Crippen molar-refractivity contribution >= 4 is 16.0 Å². The summed E-state index contributed by atoms with van der Waals surface area (Å²) in [5, 5.41) is 10.7. The lowest BCUT2D eigenvalue weighted by Gasteiger charge is -2.37. The van der Waals surface area contributed by atoms with Gasteiger partial charge < -0.3 is 15.2 Å². The smallest absolute Gasteiger partial charge is 0.317 e. The van der Waals surface area contributed by atoms with E-state index in [4.69, 9.17) is 9.84 Å². The number of rotatable bonds is 13. The van der Waals surface area contributed by atoms with E-state index in [9.17, 15) is 17.6 Å². The first-order valence-corrected chi connectivity index (χ1v) is 13.6. The van der Waals surface area contributed by atoms with Gasteiger partial charge in [0.15, 0.2) is 0 Å². The molecule has 0 unspecified atom stereocenters. The van der Waals surface area contributed by atoms with E-state index >= 15 is 0 Å². The number of aryl methyl sites for hydroxylation is 1. The Kier molecular flexibility index (Phi) is 10.2. The van der Waals surface area contributed by atoms with Crippen LogP contribution in [0.25, 0.3) is 0 Å². The maximum absolute atomic E-state index is 14.9. The van der Waals surface area contributed by atoms with Gasteiger partial charge in [0.05, 0.1) is 6.54 Å². The number of sulfonamides is 1. The summed E-state index contributed by atoms with van der Waals surface area (Å²) in [5.74, 6) is -1.27. The van der Waals surface area contributed by atoms with Crippen LogP contribution in [0.5, 0.6) is 0 Å². The van der Waals surface area contributed by atoms with Crippen LogP contribution in [0.2, 0.25) is 0 Å². The second-order valence-electron chi connectivity index (χ2n) is 8.98. The van der Waals surface area contributed by atoms with Crippen molar-refractivity contribution in [1.82, 2.24) is 9.62 Å². The maximum Gasteiger partial charge on any atom is 0.317 e. The topological polar surface area (TPSA) is 95.9 Å². The molecule has 2 aromatic carbocycles. The average molecular weight is 507 g/mol. The van der Waals surface area contributed by atoms with Crippen molar-refractivity contribution in [3.8, 4) is 0 Å². The second kappa shape index (κ2) is 13.1. The molecule has 0 aliphatic carbocycles. The van der Waals surface area contributed by atoms with E-state index in [1.54, 1.807) is 6.07 Å². The highest BCUT2D eigenvalue weighted by atomic mass is 32.2. The number of benzene rings is 2. The molecular weight excluding hydrogens is 471 g/mol. The van der Waals surface area contributed by atoms with Crippen molar-refractivity contribution in [3.63, 3.8) is 0 Å². The Morgan fingerprint density at radius 2 is 1.89 bits per heavy atom. The lowest BCUT2D eigenvalue weighted by Crippen LogP contribution is -2.44. The van der Waals surface area contributed by atoms with Crippen LogP contribution in [-0.2, 0) is 32.5 Å². The number of halogens is 1. The Balaban J connectivity index is 1.50. The van der Waals surface area contributed by atoms with Crippen LogP contribution in [0.3, 0.4) is 0 Å². The average Bonchev–Trinajstić information content (AvgIpc) is 2.82. The minimum Gasteiger partial charge on any atom is -0.480 e. The van der Waals surface area contributed by atoms with Crippen LogP contribution in [0, 0.1) is 5.82 Å². The fraction of sp³-hybridized carbons (Fsp3) is 0.500. The van der Waals surface area contributed by atoms with Gasteiger partial charge in [-0.2, -0.15) is 4.31 Å². The number of ether oxygens (including phenoxy) is 1. The Hall–Kier alpha value is -2.33. The third-order valence-corrected chi connectivity index (χ3v) is 8.68. The summed E-state index contributed by atoms with van der Waals surface area (Å²) in [5.41, 5.74) is 2.00. The van der Waals surface area contributed by atoms with Crippen molar-refractivity contribution in [2.24, 2.45) is 0 Å². The van der Waals surface area contributed by atoms with E-state index in [2.05, 4.69) is 5.32 Å². The Labute approximate surface area is 207 Å². The van der Waals surface area contributed by atoms with Crippen LogP contribution in [0.1, 0.15) is 54.5 Å². The van der Waals surface area contributed by atoms with E-state index in [1.807, 2.05) is 43.3 Å². The van der Waals surface area contributed by atoms with E-state index < -0.39 is 27.1 Å². The molecule has 0 aromatic heterocycles. The molecule has 0 bridgehead atoms. The normalized spacial score (nSPS) is 20.1. The largest absolute Gasteiger partial charge is 0.480 e. The van der Waals surface area contributed by atoms with Crippen molar-refractivity contribution in [1.29, 1.82) is 0 Å². The molecule has 0 spiro atoms. The third-order valence-electron chi connectivity index (χ3n) is 6.31. The summed E-state index contributed by atoms with van der Waals surface area (Å²) >= 11 is 0. The minimum absolute atomic E-state index is 0.0258. The summed E-state index contributed by atoms with van der Waals surface area (Å²) in [6.07, 6.45) is 3.40. The van der Waals surface area contributed by atoms with Gasteiger partial charge in [0.2, 0.25) is 10.0 Å². The van der Waals surface area contributed by atoms with E-state index in [0.29, 0.717) is 38.2 Å². The zero-order valence-electron chi connectivity index (χ0n) is 20.2. The molecule has 9 heteroatoms. The molecule has 192 valence electrons. The van der Waals surface area contributed by atoms with Crippen LogP contribution >= 0.6 is 0 Å². The number of hydrogen-bond acceptors (Lipinski definition) is 5. The molecule has 1 fully saturated rings.